The lowest BCUT2D eigenvalue weighted by Crippen LogP contribution is -2.29. The molecule has 1 aromatic carbocycles. The number of amides is 1. The quantitative estimate of drug-likeness (QED) is 0.396. The van der Waals surface area contributed by atoms with Crippen molar-refractivity contribution in [2.45, 2.75) is 65.2 Å². The van der Waals surface area contributed by atoms with Gasteiger partial charge in [0.1, 0.15) is 0 Å². The summed E-state index contributed by atoms with van der Waals surface area (Å²) in [6.07, 6.45) is 10.8. The van der Waals surface area contributed by atoms with E-state index < -0.39 is 0 Å². The number of hydrogen-bond acceptors (Lipinski definition) is 1. The fourth-order valence-corrected chi connectivity index (χ4v) is 2.78. The minimum Gasteiger partial charge on any atom is -0.342 e. The van der Waals surface area contributed by atoms with Crippen molar-refractivity contribution in [1.82, 2.24) is 4.90 Å². The summed E-state index contributed by atoms with van der Waals surface area (Å²) in [7, 11) is 1.94. The summed E-state index contributed by atoms with van der Waals surface area (Å²) in [6, 6.07) is 10.6. The van der Waals surface area contributed by atoms with Crippen molar-refractivity contribution >= 4 is 5.91 Å². The van der Waals surface area contributed by atoms with Crippen LogP contribution in [-0.4, -0.2) is 24.4 Å². The Balaban J connectivity index is 2.34. The fraction of sp³-hybridized carbons (Fsp3) is 0.571. The van der Waals surface area contributed by atoms with Crippen LogP contribution in [0.5, 0.6) is 0 Å². The van der Waals surface area contributed by atoms with Gasteiger partial charge < -0.3 is 4.90 Å². The van der Waals surface area contributed by atoms with E-state index in [1.165, 1.54) is 18.4 Å². The Morgan fingerprint density at radius 2 is 1.78 bits per heavy atom. The van der Waals surface area contributed by atoms with Crippen LogP contribution < -0.4 is 0 Å². The van der Waals surface area contributed by atoms with Crippen LogP contribution >= 0.6 is 0 Å². The summed E-state index contributed by atoms with van der Waals surface area (Å²) in [5, 5.41) is 0. The first-order chi connectivity index (χ1) is 11.2. The molecular formula is C21H33NO. The fourth-order valence-electron chi connectivity index (χ4n) is 2.78. The van der Waals surface area contributed by atoms with Gasteiger partial charge in [-0.15, -0.1) is 0 Å². The van der Waals surface area contributed by atoms with Crippen molar-refractivity contribution in [1.29, 1.82) is 0 Å². The highest BCUT2D eigenvalue weighted by Gasteiger charge is 2.13. The highest BCUT2D eigenvalue weighted by Crippen LogP contribution is 2.13. The first-order valence-electron chi connectivity index (χ1n) is 9.17. The average molecular weight is 316 g/mol. The normalized spacial score (nSPS) is 11.5. The van der Waals surface area contributed by atoms with E-state index in [0.29, 0.717) is 0 Å². The third-order valence-corrected chi connectivity index (χ3v) is 4.17. The highest BCUT2D eigenvalue weighted by molar-refractivity contribution is 5.93. The van der Waals surface area contributed by atoms with Crippen molar-refractivity contribution in [2.24, 2.45) is 0 Å². The zero-order valence-electron chi connectivity index (χ0n) is 15.2. The average Bonchev–Trinajstić information content (AvgIpc) is 2.58. The first-order valence-corrected chi connectivity index (χ1v) is 9.17. The van der Waals surface area contributed by atoms with E-state index in [-0.39, 0.29) is 5.91 Å². The van der Waals surface area contributed by atoms with Crippen LogP contribution in [0.15, 0.2) is 42.0 Å². The molecule has 0 N–H and O–H groups in total. The van der Waals surface area contributed by atoms with Crippen molar-refractivity contribution in [3.05, 3.63) is 47.5 Å². The van der Waals surface area contributed by atoms with E-state index in [4.69, 9.17) is 0 Å². The van der Waals surface area contributed by atoms with Crippen LogP contribution in [0.1, 0.15) is 64.4 Å². The van der Waals surface area contributed by atoms with Gasteiger partial charge in [0.25, 0.3) is 0 Å². The predicted octanol–water partition coefficient (Wildman–Crippen LogP) is 5.38. The van der Waals surface area contributed by atoms with Crippen LogP contribution in [0.2, 0.25) is 0 Å². The molecule has 0 bridgehead atoms. The Hall–Kier alpha value is -1.57. The number of likely N-dealkylation sites (N-methyl/N-ethyl adjacent to an activating group) is 1. The Kier molecular flexibility index (Phi) is 10.1. The molecule has 23 heavy (non-hydrogen) atoms. The number of rotatable bonds is 11. The molecule has 1 rings (SSSR count). The van der Waals surface area contributed by atoms with Crippen molar-refractivity contribution in [3.8, 4) is 0 Å². The molecular weight excluding hydrogens is 282 g/mol. The molecule has 0 aromatic heterocycles. The summed E-state index contributed by atoms with van der Waals surface area (Å²) < 4.78 is 0. The molecule has 0 saturated heterocycles. The van der Waals surface area contributed by atoms with Gasteiger partial charge in [0.2, 0.25) is 5.91 Å². The molecule has 0 saturated carbocycles. The largest absolute Gasteiger partial charge is 0.342 e. The Labute approximate surface area is 142 Å². The molecule has 2 nitrogen and oxygen atoms in total. The van der Waals surface area contributed by atoms with Gasteiger partial charge in [-0.25, -0.2) is 0 Å². The molecule has 2 heteroatoms. The highest BCUT2D eigenvalue weighted by atomic mass is 16.2. The third kappa shape index (κ3) is 8.01. The van der Waals surface area contributed by atoms with Crippen LogP contribution in [-0.2, 0) is 11.2 Å². The molecule has 0 atom stereocenters. The van der Waals surface area contributed by atoms with Crippen LogP contribution in [0.25, 0.3) is 0 Å². The number of allylic oxidation sites excluding steroid dienone is 1. The second kappa shape index (κ2) is 11.9. The van der Waals surface area contributed by atoms with Gasteiger partial charge in [-0.3, -0.25) is 4.79 Å². The molecule has 0 radical (unpaired) electrons. The van der Waals surface area contributed by atoms with Crippen molar-refractivity contribution < 1.29 is 4.79 Å². The summed E-state index contributed by atoms with van der Waals surface area (Å²) in [5.74, 6) is 0.225. The summed E-state index contributed by atoms with van der Waals surface area (Å²) >= 11 is 0. The minimum atomic E-state index is 0.225. The second-order valence-corrected chi connectivity index (χ2v) is 6.26. The van der Waals surface area contributed by atoms with Gasteiger partial charge in [0, 0.05) is 19.2 Å². The topological polar surface area (TPSA) is 20.3 Å². The molecule has 0 heterocycles. The molecule has 0 aliphatic rings. The van der Waals surface area contributed by atoms with E-state index in [2.05, 4.69) is 50.3 Å². The number of aryl methyl sites for hydroxylation is 1. The molecule has 0 fully saturated rings. The number of carbonyl (C=O) groups is 1. The van der Waals surface area contributed by atoms with Gasteiger partial charge in [-0.05, 0) is 44.1 Å². The summed E-state index contributed by atoms with van der Waals surface area (Å²) in [4.78, 5) is 14.5. The standard InChI is InChI=1S/C21H33NO/c1-4-6-8-17-20(13-5-2)21(23)22(3)18-12-11-16-19-14-9-7-10-15-19/h7,9-10,13-15H,4-6,8,11-12,16-18H2,1-3H3. The zero-order valence-corrected chi connectivity index (χ0v) is 15.2. The lowest BCUT2D eigenvalue weighted by Gasteiger charge is -2.19. The lowest BCUT2D eigenvalue weighted by molar-refractivity contribution is -0.126. The molecule has 1 aromatic rings. The minimum absolute atomic E-state index is 0.225. The second-order valence-electron chi connectivity index (χ2n) is 6.26. The lowest BCUT2D eigenvalue weighted by atomic mass is 10.0. The van der Waals surface area contributed by atoms with Crippen LogP contribution in [0, 0.1) is 0 Å². The van der Waals surface area contributed by atoms with E-state index in [9.17, 15) is 4.79 Å². The molecule has 0 aliphatic heterocycles. The molecule has 128 valence electrons. The molecule has 1 amide bonds. The summed E-state index contributed by atoms with van der Waals surface area (Å²) in [6.45, 7) is 5.15. The Morgan fingerprint density at radius 1 is 1.04 bits per heavy atom. The monoisotopic (exact) mass is 315 g/mol. The van der Waals surface area contributed by atoms with Crippen molar-refractivity contribution in [3.63, 3.8) is 0 Å². The first kappa shape index (κ1) is 19.5. The van der Waals surface area contributed by atoms with E-state index in [1.54, 1.807) is 0 Å². The maximum atomic E-state index is 12.5. The van der Waals surface area contributed by atoms with Gasteiger partial charge in [-0.1, -0.05) is 63.1 Å². The number of hydrogen-bond donors (Lipinski definition) is 0. The maximum absolute atomic E-state index is 12.5. The zero-order chi connectivity index (χ0) is 16.9. The molecule has 0 unspecified atom stereocenters. The smallest absolute Gasteiger partial charge is 0.249 e. The molecule has 0 spiro atoms. The number of carbonyl (C=O) groups excluding carboxylic acids is 1. The van der Waals surface area contributed by atoms with Gasteiger partial charge in [-0.2, -0.15) is 0 Å². The number of nitrogens with zero attached hydrogens (tertiary/aromatic N) is 1. The van der Waals surface area contributed by atoms with E-state index >= 15 is 0 Å². The third-order valence-electron chi connectivity index (χ3n) is 4.17. The van der Waals surface area contributed by atoms with Gasteiger partial charge in [0.15, 0.2) is 0 Å². The van der Waals surface area contributed by atoms with Gasteiger partial charge in [0.05, 0.1) is 0 Å². The molecule has 0 aliphatic carbocycles. The van der Waals surface area contributed by atoms with E-state index in [1.807, 2.05) is 11.9 Å². The SMILES string of the molecule is CCC=C(CCCCC)C(=O)N(C)CCCCc1ccccc1. The Bertz CT molecular complexity index is 464. The number of unbranched alkanes of at least 4 members (excludes halogenated alkanes) is 3. The Morgan fingerprint density at radius 3 is 2.43 bits per heavy atom. The van der Waals surface area contributed by atoms with E-state index in [0.717, 1.165) is 50.6 Å². The van der Waals surface area contributed by atoms with Crippen LogP contribution in [0.4, 0.5) is 0 Å². The van der Waals surface area contributed by atoms with Gasteiger partial charge >= 0.3 is 0 Å². The number of benzene rings is 1. The summed E-state index contributed by atoms with van der Waals surface area (Å²) in [5.41, 5.74) is 2.39. The maximum Gasteiger partial charge on any atom is 0.249 e. The van der Waals surface area contributed by atoms with Crippen LogP contribution in [0.3, 0.4) is 0 Å². The predicted molar refractivity (Wildman–Crippen MR) is 99.5 cm³/mol. The van der Waals surface area contributed by atoms with Crippen molar-refractivity contribution in [2.75, 3.05) is 13.6 Å².